The summed E-state index contributed by atoms with van der Waals surface area (Å²) in [5.41, 5.74) is 0. The van der Waals surface area contributed by atoms with E-state index in [1.165, 1.54) is 0 Å². The molecular formula is C11H19NO4. The van der Waals surface area contributed by atoms with E-state index in [0.717, 1.165) is 12.8 Å². The number of nitrogens with one attached hydrogen (secondary N) is 1. The van der Waals surface area contributed by atoms with Gasteiger partial charge in [0.2, 0.25) is 0 Å². The predicted molar refractivity (Wildman–Crippen MR) is 56.8 cm³/mol. The van der Waals surface area contributed by atoms with Crippen LogP contribution in [0.4, 0.5) is 4.79 Å². The second kappa shape index (κ2) is 5.01. The van der Waals surface area contributed by atoms with Crippen molar-refractivity contribution in [3.8, 4) is 0 Å². The molecule has 1 aliphatic heterocycles. The molecule has 0 aromatic heterocycles. The third-order valence-electron chi connectivity index (χ3n) is 3.71. The van der Waals surface area contributed by atoms with Gasteiger partial charge in [0.1, 0.15) is 0 Å². The molecule has 0 bridgehead atoms. The van der Waals surface area contributed by atoms with E-state index in [4.69, 9.17) is 4.74 Å². The lowest BCUT2D eigenvalue weighted by Crippen LogP contribution is -2.39. The predicted octanol–water partition coefficient (Wildman–Crippen LogP) is 0.254. The van der Waals surface area contributed by atoms with Gasteiger partial charge in [-0.2, -0.15) is 0 Å². The fourth-order valence-corrected chi connectivity index (χ4v) is 2.74. The number of alkyl carbamates (subject to hydrolysis) is 1. The molecule has 3 N–H and O–H groups in total. The molecule has 2 fully saturated rings. The molecule has 1 aliphatic carbocycles. The summed E-state index contributed by atoms with van der Waals surface area (Å²) in [4.78, 5) is 11.1. The minimum Gasteiger partial charge on any atom is -0.450 e. The fourth-order valence-electron chi connectivity index (χ4n) is 2.74. The molecule has 1 saturated carbocycles. The van der Waals surface area contributed by atoms with Gasteiger partial charge in [-0.15, -0.1) is 0 Å². The van der Waals surface area contributed by atoms with Gasteiger partial charge >= 0.3 is 6.09 Å². The number of ether oxygens (including phenoxy) is 1. The minimum absolute atomic E-state index is 0.353. The van der Waals surface area contributed by atoms with Crippen LogP contribution in [0.5, 0.6) is 0 Å². The molecule has 0 aromatic rings. The quantitative estimate of drug-likeness (QED) is 0.556. The van der Waals surface area contributed by atoms with Crippen molar-refractivity contribution in [3.63, 3.8) is 0 Å². The lowest BCUT2D eigenvalue weighted by atomic mass is 9.73. The van der Waals surface area contributed by atoms with Crippen molar-refractivity contribution < 1.29 is 19.7 Å². The fraction of sp³-hybridized carbons (Fsp3) is 0.909. The SMILES string of the molecule is O=C1NCC[C@@H]2C[C@H](O)[C@@H](O)C[C@H]2CCO1. The number of hydrogen-bond acceptors (Lipinski definition) is 4. The molecule has 0 spiro atoms. The number of amides is 1. The second-order valence-electron chi connectivity index (χ2n) is 4.77. The van der Waals surface area contributed by atoms with Gasteiger partial charge < -0.3 is 20.3 Å². The van der Waals surface area contributed by atoms with Gasteiger partial charge in [0.05, 0.1) is 18.8 Å². The number of rotatable bonds is 0. The number of carbonyl (C=O) groups excluding carboxylic acids is 1. The van der Waals surface area contributed by atoms with Crippen molar-refractivity contribution in [2.45, 2.75) is 37.9 Å². The lowest BCUT2D eigenvalue weighted by Gasteiger charge is -2.36. The van der Waals surface area contributed by atoms with Crippen LogP contribution in [0.25, 0.3) is 0 Å². The van der Waals surface area contributed by atoms with E-state index in [2.05, 4.69) is 5.32 Å². The summed E-state index contributed by atoms with van der Waals surface area (Å²) < 4.78 is 4.98. The van der Waals surface area contributed by atoms with Crippen LogP contribution in [0.1, 0.15) is 25.7 Å². The van der Waals surface area contributed by atoms with Crippen LogP contribution in [-0.2, 0) is 4.74 Å². The van der Waals surface area contributed by atoms with Crippen molar-refractivity contribution in [1.82, 2.24) is 5.32 Å². The topological polar surface area (TPSA) is 78.8 Å². The molecule has 0 aromatic carbocycles. The first-order valence-corrected chi connectivity index (χ1v) is 5.93. The molecule has 92 valence electrons. The van der Waals surface area contributed by atoms with Gasteiger partial charge in [-0.1, -0.05) is 0 Å². The smallest absolute Gasteiger partial charge is 0.407 e. The molecule has 5 heteroatoms. The first-order valence-electron chi connectivity index (χ1n) is 5.93. The van der Waals surface area contributed by atoms with E-state index in [0.29, 0.717) is 37.8 Å². The monoisotopic (exact) mass is 229 g/mol. The third-order valence-corrected chi connectivity index (χ3v) is 3.71. The minimum atomic E-state index is -0.620. The molecular weight excluding hydrogens is 210 g/mol. The Hall–Kier alpha value is -0.810. The van der Waals surface area contributed by atoms with E-state index in [1.54, 1.807) is 0 Å². The summed E-state index contributed by atoms with van der Waals surface area (Å²) in [6.07, 6.45) is 1.28. The second-order valence-corrected chi connectivity index (χ2v) is 4.77. The average molecular weight is 229 g/mol. The zero-order valence-electron chi connectivity index (χ0n) is 9.26. The number of cyclic esters (lactones) is 1. The summed E-state index contributed by atoms with van der Waals surface area (Å²) >= 11 is 0. The Labute approximate surface area is 94.8 Å². The molecule has 16 heavy (non-hydrogen) atoms. The van der Waals surface area contributed by atoms with Crippen LogP contribution < -0.4 is 5.32 Å². The Morgan fingerprint density at radius 3 is 2.44 bits per heavy atom. The molecule has 1 amide bonds. The number of aliphatic hydroxyl groups excluding tert-OH is 2. The summed E-state index contributed by atoms with van der Waals surface area (Å²) in [5.74, 6) is 0.728. The van der Waals surface area contributed by atoms with E-state index < -0.39 is 12.2 Å². The third kappa shape index (κ3) is 2.65. The van der Waals surface area contributed by atoms with Crippen molar-refractivity contribution in [3.05, 3.63) is 0 Å². The molecule has 0 unspecified atom stereocenters. The molecule has 0 radical (unpaired) electrons. The van der Waals surface area contributed by atoms with Crippen molar-refractivity contribution >= 4 is 6.09 Å². The highest BCUT2D eigenvalue weighted by molar-refractivity contribution is 5.67. The Morgan fingerprint density at radius 2 is 1.75 bits per heavy atom. The highest BCUT2D eigenvalue weighted by Crippen LogP contribution is 2.35. The van der Waals surface area contributed by atoms with E-state index in [-0.39, 0.29) is 6.09 Å². The maximum Gasteiger partial charge on any atom is 0.407 e. The average Bonchev–Trinajstić information content (AvgIpc) is 2.31. The van der Waals surface area contributed by atoms with Gasteiger partial charge in [-0.3, -0.25) is 0 Å². The Bertz CT molecular complexity index is 234. The maximum absolute atomic E-state index is 11.1. The summed E-state index contributed by atoms with van der Waals surface area (Å²) in [5, 5.41) is 21.9. The number of aliphatic hydroxyl groups is 2. The van der Waals surface area contributed by atoms with E-state index in [1.807, 2.05) is 0 Å². The van der Waals surface area contributed by atoms with Crippen LogP contribution in [0.15, 0.2) is 0 Å². The molecule has 1 heterocycles. The number of hydrogen-bond donors (Lipinski definition) is 3. The van der Waals surface area contributed by atoms with E-state index >= 15 is 0 Å². The van der Waals surface area contributed by atoms with Gasteiger partial charge in [0.15, 0.2) is 0 Å². The standard InChI is InChI=1S/C11H19NO4/c13-9-5-7-1-3-12-11(15)16-4-2-8(7)6-10(9)14/h7-10,13-14H,1-6H2,(H,12,15)/t7-,8-,9+,10+/m1/s1. The zero-order valence-corrected chi connectivity index (χ0v) is 9.26. The van der Waals surface area contributed by atoms with Gasteiger partial charge in [0, 0.05) is 6.54 Å². The Morgan fingerprint density at radius 1 is 1.12 bits per heavy atom. The highest BCUT2D eigenvalue weighted by atomic mass is 16.5. The van der Waals surface area contributed by atoms with Gasteiger partial charge in [-0.05, 0) is 37.5 Å². The zero-order chi connectivity index (χ0) is 11.5. The van der Waals surface area contributed by atoms with Crippen molar-refractivity contribution in [2.75, 3.05) is 13.2 Å². The van der Waals surface area contributed by atoms with Crippen LogP contribution in [-0.4, -0.2) is 41.7 Å². The summed E-state index contributed by atoms with van der Waals surface area (Å²) in [6, 6.07) is 0. The molecule has 4 atom stereocenters. The Kier molecular flexibility index (Phi) is 3.66. The van der Waals surface area contributed by atoms with Crippen LogP contribution >= 0.6 is 0 Å². The number of fused-ring (bicyclic) bond motifs is 1. The first-order chi connectivity index (χ1) is 7.66. The summed E-state index contributed by atoms with van der Waals surface area (Å²) in [6.45, 7) is 0.985. The summed E-state index contributed by atoms with van der Waals surface area (Å²) in [7, 11) is 0. The van der Waals surface area contributed by atoms with Gasteiger partial charge in [-0.25, -0.2) is 4.79 Å². The van der Waals surface area contributed by atoms with Crippen LogP contribution in [0, 0.1) is 11.8 Å². The number of carbonyl (C=O) groups is 1. The van der Waals surface area contributed by atoms with Crippen LogP contribution in [0.3, 0.4) is 0 Å². The molecule has 5 nitrogen and oxygen atoms in total. The van der Waals surface area contributed by atoms with Crippen molar-refractivity contribution in [1.29, 1.82) is 0 Å². The maximum atomic E-state index is 11.1. The van der Waals surface area contributed by atoms with E-state index in [9.17, 15) is 15.0 Å². The molecule has 2 rings (SSSR count). The van der Waals surface area contributed by atoms with Crippen LogP contribution in [0.2, 0.25) is 0 Å². The highest BCUT2D eigenvalue weighted by Gasteiger charge is 2.35. The molecule has 1 saturated heterocycles. The largest absolute Gasteiger partial charge is 0.450 e. The molecule has 2 aliphatic rings. The first kappa shape index (κ1) is 11.7. The lowest BCUT2D eigenvalue weighted by molar-refractivity contribution is -0.0516. The Balaban J connectivity index is 1.98. The normalized spacial score (nSPS) is 40.8. The van der Waals surface area contributed by atoms with Crippen molar-refractivity contribution in [2.24, 2.45) is 11.8 Å². The van der Waals surface area contributed by atoms with Gasteiger partial charge in [0.25, 0.3) is 0 Å².